The van der Waals surface area contributed by atoms with Crippen LogP contribution in [0.15, 0.2) is 41.8 Å². The molecule has 0 atom stereocenters. The highest BCUT2D eigenvalue weighted by Gasteiger charge is 2.05. The van der Waals surface area contributed by atoms with Gasteiger partial charge in [0, 0.05) is 11.0 Å². The summed E-state index contributed by atoms with van der Waals surface area (Å²) in [6.45, 7) is 0.0384. The summed E-state index contributed by atoms with van der Waals surface area (Å²) in [6.07, 6.45) is 2.58. The minimum atomic E-state index is -0.670. The highest BCUT2D eigenvalue weighted by atomic mass is 35.5. The Balaban J connectivity index is 1.74. The average Bonchev–Trinajstić information content (AvgIpc) is 3.05. The highest BCUT2D eigenvalue weighted by Crippen LogP contribution is 2.16. The van der Waals surface area contributed by atoms with Crippen LogP contribution in [0.2, 0.25) is 5.02 Å². The van der Waals surface area contributed by atoms with Crippen molar-refractivity contribution in [1.82, 2.24) is 5.32 Å². The quantitative estimate of drug-likeness (QED) is 0.639. The van der Waals surface area contributed by atoms with Gasteiger partial charge < -0.3 is 10.1 Å². The molecule has 23 heavy (non-hydrogen) atoms. The SMILES string of the molecule is O=C(COC(=O)/C=C/c1ccc(F)c(Cl)c1)NCc1cccs1. The van der Waals surface area contributed by atoms with E-state index in [-0.39, 0.29) is 17.5 Å². The van der Waals surface area contributed by atoms with Crippen LogP contribution in [0.25, 0.3) is 6.08 Å². The monoisotopic (exact) mass is 353 g/mol. The van der Waals surface area contributed by atoms with E-state index in [0.29, 0.717) is 12.1 Å². The van der Waals surface area contributed by atoms with Crippen molar-refractivity contribution in [2.75, 3.05) is 6.61 Å². The number of nitrogens with one attached hydrogen (secondary N) is 1. The maximum absolute atomic E-state index is 13.0. The van der Waals surface area contributed by atoms with Gasteiger partial charge in [0.25, 0.3) is 5.91 Å². The molecule has 0 bridgehead atoms. The van der Waals surface area contributed by atoms with Gasteiger partial charge in [-0.3, -0.25) is 4.79 Å². The fourth-order valence-electron chi connectivity index (χ4n) is 1.62. The van der Waals surface area contributed by atoms with Crippen molar-refractivity contribution in [3.05, 3.63) is 63.1 Å². The first-order chi connectivity index (χ1) is 11.0. The zero-order valence-corrected chi connectivity index (χ0v) is 13.5. The molecule has 120 valence electrons. The molecule has 0 aliphatic carbocycles. The second kappa shape index (κ2) is 8.45. The van der Waals surface area contributed by atoms with Gasteiger partial charge in [-0.25, -0.2) is 9.18 Å². The summed E-state index contributed by atoms with van der Waals surface area (Å²) in [5.41, 5.74) is 0.551. The summed E-state index contributed by atoms with van der Waals surface area (Å²) in [4.78, 5) is 24.1. The van der Waals surface area contributed by atoms with Gasteiger partial charge in [0.05, 0.1) is 11.6 Å². The van der Waals surface area contributed by atoms with E-state index in [1.165, 1.54) is 35.6 Å². The van der Waals surface area contributed by atoms with Crippen LogP contribution in [0.1, 0.15) is 10.4 Å². The van der Waals surface area contributed by atoms with Crippen LogP contribution in [0.3, 0.4) is 0 Å². The molecule has 0 unspecified atom stereocenters. The number of ether oxygens (including phenoxy) is 1. The third-order valence-corrected chi connectivity index (χ3v) is 3.91. The Hall–Kier alpha value is -2.18. The Bertz CT molecular complexity index is 716. The fraction of sp³-hybridized carbons (Fsp3) is 0.125. The molecule has 0 aliphatic heterocycles. The van der Waals surface area contributed by atoms with Crippen molar-refractivity contribution in [2.24, 2.45) is 0 Å². The molecule has 0 radical (unpaired) electrons. The second-order valence-electron chi connectivity index (χ2n) is 4.47. The molecule has 0 saturated carbocycles. The standard InChI is InChI=1S/C16H13ClFNO3S/c17-13-8-11(3-5-14(13)18)4-6-16(21)22-10-15(20)19-9-12-2-1-7-23-12/h1-8H,9-10H2,(H,19,20)/b6-4+. The lowest BCUT2D eigenvalue weighted by Crippen LogP contribution is -2.27. The average molecular weight is 354 g/mol. The summed E-state index contributed by atoms with van der Waals surface area (Å²) in [6, 6.07) is 7.84. The summed E-state index contributed by atoms with van der Waals surface area (Å²) < 4.78 is 17.8. The summed E-state index contributed by atoms with van der Waals surface area (Å²) >= 11 is 7.16. The Morgan fingerprint density at radius 3 is 2.87 bits per heavy atom. The van der Waals surface area contributed by atoms with Crippen molar-refractivity contribution < 1.29 is 18.7 Å². The number of benzene rings is 1. The molecule has 2 aromatic rings. The Morgan fingerprint density at radius 2 is 2.17 bits per heavy atom. The largest absolute Gasteiger partial charge is 0.452 e. The minimum absolute atomic E-state index is 0.0338. The van der Waals surface area contributed by atoms with Crippen molar-refractivity contribution in [3.8, 4) is 0 Å². The zero-order valence-electron chi connectivity index (χ0n) is 11.9. The number of amides is 1. The van der Waals surface area contributed by atoms with Crippen molar-refractivity contribution in [1.29, 1.82) is 0 Å². The number of halogens is 2. The van der Waals surface area contributed by atoms with E-state index in [2.05, 4.69) is 5.32 Å². The first-order valence-electron chi connectivity index (χ1n) is 6.63. The van der Waals surface area contributed by atoms with Gasteiger partial charge in [-0.1, -0.05) is 23.7 Å². The topological polar surface area (TPSA) is 55.4 Å². The van der Waals surface area contributed by atoms with Crippen molar-refractivity contribution in [2.45, 2.75) is 6.54 Å². The number of thiophene rings is 1. The van der Waals surface area contributed by atoms with Gasteiger partial charge in [-0.05, 0) is 35.2 Å². The number of esters is 1. The number of hydrogen-bond acceptors (Lipinski definition) is 4. The maximum atomic E-state index is 13.0. The third-order valence-electron chi connectivity index (χ3n) is 2.74. The molecule has 1 aromatic heterocycles. The van der Waals surface area contributed by atoms with E-state index in [1.54, 1.807) is 0 Å². The van der Waals surface area contributed by atoms with Crippen LogP contribution in [0, 0.1) is 5.82 Å². The van der Waals surface area contributed by atoms with Gasteiger partial charge >= 0.3 is 5.97 Å². The summed E-state index contributed by atoms with van der Waals surface area (Å²) in [5, 5.41) is 4.52. The zero-order chi connectivity index (χ0) is 16.7. The molecule has 0 spiro atoms. The molecule has 1 aromatic carbocycles. The maximum Gasteiger partial charge on any atom is 0.331 e. The van der Waals surface area contributed by atoms with E-state index < -0.39 is 11.8 Å². The smallest absolute Gasteiger partial charge is 0.331 e. The molecular weight excluding hydrogens is 341 g/mol. The first-order valence-corrected chi connectivity index (χ1v) is 7.89. The number of rotatable bonds is 6. The van der Waals surface area contributed by atoms with E-state index in [4.69, 9.17) is 16.3 Å². The van der Waals surface area contributed by atoms with Gasteiger partial charge in [0.2, 0.25) is 0 Å². The van der Waals surface area contributed by atoms with Crippen LogP contribution >= 0.6 is 22.9 Å². The Labute approximate surface area is 141 Å². The van der Waals surface area contributed by atoms with Crippen LogP contribution in [-0.4, -0.2) is 18.5 Å². The molecule has 2 rings (SSSR count). The number of carbonyl (C=O) groups is 2. The molecular formula is C16H13ClFNO3S. The molecule has 7 heteroatoms. The molecule has 1 N–H and O–H groups in total. The molecule has 1 heterocycles. The van der Waals surface area contributed by atoms with E-state index in [9.17, 15) is 14.0 Å². The predicted octanol–water partition coefficient (Wildman–Crippen LogP) is 3.41. The van der Waals surface area contributed by atoms with Gasteiger partial charge in [0.1, 0.15) is 5.82 Å². The Morgan fingerprint density at radius 1 is 1.35 bits per heavy atom. The molecule has 0 fully saturated rings. The normalized spacial score (nSPS) is 10.7. The van der Waals surface area contributed by atoms with Crippen LogP contribution in [-0.2, 0) is 20.9 Å². The lowest BCUT2D eigenvalue weighted by Gasteiger charge is -2.03. The molecule has 0 aliphatic rings. The number of hydrogen-bond donors (Lipinski definition) is 1. The van der Waals surface area contributed by atoms with Gasteiger partial charge in [-0.2, -0.15) is 0 Å². The molecule has 0 saturated heterocycles. The fourth-order valence-corrected chi connectivity index (χ4v) is 2.45. The lowest BCUT2D eigenvalue weighted by molar-refractivity contribution is -0.143. The summed E-state index contributed by atoms with van der Waals surface area (Å²) in [5.74, 6) is -1.59. The van der Waals surface area contributed by atoms with E-state index in [0.717, 1.165) is 11.0 Å². The van der Waals surface area contributed by atoms with E-state index >= 15 is 0 Å². The predicted molar refractivity (Wildman–Crippen MR) is 87.6 cm³/mol. The van der Waals surface area contributed by atoms with Crippen molar-refractivity contribution >= 4 is 40.9 Å². The van der Waals surface area contributed by atoms with Gasteiger partial charge in [-0.15, -0.1) is 11.3 Å². The first kappa shape index (κ1) is 17.2. The van der Waals surface area contributed by atoms with Crippen LogP contribution in [0.4, 0.5) is 4.39 Å². The van der Waals surface area contributed by atoms with Gasteiger partial charge in [0.15, 0.2) is 6.61 Å². The summed E-state index contributed by atoms with van der Waals surface area (Å²) in [7, 11) is 0. The third kappa shape index (κ3) is 5.84. The molecule has 4 nitrogen and oxygen atoms in total. The van der Waals surface area contributed by atoms with Crippen LogP contribution < -0.4 is 5.32 Å². The lowest BCUT2D eigenvalue weighted by atomic mass is 10.2. The van der Waals surface area contributed by atoms with Crippen LogP contribution in [0.5, 0.6) is 0 Å². The number of carbonyl (C=O) groups excluding carboxylic acids is 2. The van der Waals surface area contributed by atoms with E-state index in [1.807, 2.05) is 17.5 Å². The second-order valence-corrected chi connectivity index (χ2v) is 5.91. The Kier molecular flexibility index (Phi) is 6.31. The minimum Gasteiger partial charge on any atom is -0.452 e. The molecule has 1 amide bonds. The van der Waals surface area contributed by atoms with Crippen molar-refractivity contribution in [3.63, 3.8) is 0 Å². The highest BCUT2D eigenvalue weighted by molar-refractivity contribution is 7.09.